The van der Waals surface area contributed by atoms with Crippen molar-refractivity contribution in [1.29, 1.82) is 0 Å². The number of nitrogens with two attached hydrogens (primary N) is 1. The van der Waals surface area contributed by atoms with Gasteiger partial charge in [-0.1, -0.05) is 11.6 Å². The second kappa shape index (κ2) is 3.53. The number of hydrogen-bond acceptors (Lipinski definition) is 2. The highest BCUT2D eigenvalue weighted by molar-refractivity contribution is 9.10. The van der Waals surface area contributed by atoms with Crippen LogP contribution in [0.4, 0.5) is 14.5 Å². The van der Waals surface area contributed by atoms with Gasteiger partial charge >= 0.3 is 0 Å². The molecule has 1 rings (SSSR count). The predicted octanol–water partition coefficient (Wildman–Crippen LogP) is 3.02. The minimum Gasteiger partial charge on any atom is -0.396 e. The van der Waals surface area contributed by atoms with Gasteiger partial charge in [0.05, 0.1) is 10.7 Å². The molecule has 0 fully saturated rings. The van der Waals surface area contributed by atoms with E-state index < -0.39 is 12.1 Å². The summed E-state index contributed by atoms with van der Waals surface area (Å²) in [6, 6.07) is 1.24. The van der Waals surface area contributed by atoms with Crippen LogP contribution in [0.2, 0.25) is 5.02 Å². The molecule has 66 valence electrons. The SMILES string of the molecule is Nc1cc(Cl)c(C(F)F)nc1Br. The first-order valence-corrected chi connectivity index (χ1v) is 4.09. The molecule has 0 aliphatic heterocycles. The first kappa shape index (κ1) is 9.67. The number of nitrogen functional groups attached to an aromatic ring is 1. The van der Waals surface area contributed by atoms with Gasteiger partial charge in [-0.2, -0.15) is 0 Å². The fourth-order valence-corrected chi connectivity index (χ4v) is 1.19. The van der Waals surface area contributed by atoms with E-state index in [4.69, 9.17) is 17.3 Å². The lowest BCUT2D eigenvalue weighted by Crippen LogP contribution is -1.96. The summed E-state index contributed by atoms with van der Waals surface area (Å²) in [6.07, 6.45) is -2.69. The Morgan fingerprint density at radius 1 is 1.58 bits per heavy atom. The summed E-state index contributed by atoms with van der Waals surface area (Å²) in [5.74, 6) is 0. The molecule has 2 N–H and O–H groups in total. The van der Waals surface area contributed by atoms with Crippen molar-refractivity contribution in [3.8, 4) is 0 Å². The number of aromatic nitrogens is 1. The van der Waals surface area contributed by atoms with Crippen LogP contribution in [0.25, 0.3) is 0 Å². The lowest BCUT2D eigenvalue weighted by atomic mass is 10.3. The van der Waals surface area contributed by atoms with E-state index in [0.29, 0.717) is 0 Å². The summed E-state index contributed by atoms with van der Waals surface area (Å²) < 4.78 is 24.4. The second-order valence-electron chi connectivity index (χ2n) is 2.04. The molecule has 1 aromatic rings. The standard InChI is InChI=1S/C6H4BrClF2N2/c7-5-3(11)1-2(8)4(12-5)6(9)10/h1,6H,11H2. The number of anilines is 1. The summed E-state index contributed by atoms with van der Waals surface area (Å²) >= 11 is 8.37. The number of halogens is 4. The van der Waals surface area contributed by atoms with E-state index in [2.05, 4.69) is 20.9 Å². The Kier molecular flexibility index (Phi) is 2.85. The van der Waals surface area contributed by atoms with Crippen LogP contribution < -0.4 is 5.73 Å². The van der Waals surface area contributed by atoms with E-state index in [0.717, 1.165) is 0 Å². The van der Waals surface area contributed by atoms with Gasteiger partial charge in [-0.05, 0) is 22.0 Å². The zero-order valence-corrected chi connectivity index (χ0v) is 8.03. The molecule has 2 nitrogen and oxygen atoms in total. The monoisotopic (exact) mass is 256 g/mol. The third-order valence-electron chi connectivity index (χ3n) is 1.19. The van der Waals surface area contributed by atoms with Crippen LogP contribution in [0.1, 0.15) is 12.1 Å². The average Bonchev–Trinajstić information content (AvgIpc) is 1.96. The first-order valence-electron chi connectivity index (χ1n) is 2.92. The zero-order chi connectivity index (χ0) is 9.30. The highest BCUT2D eigenvalue weighted by Gasteiger charge is 2.15. The molecule has 0 bridgehead atoms. The van der Waals surface area contributed by atoms with Crippen LogP contribution in [0, 0.1) is 0 Å². The second-order valence-corrected chi connectivity index (χ2v) is 3.19. The molecule has 0 aliphatic rings. The van der Waals surface area contributed by atoms with Crippen molar-refractivity contribution in [3.63, 3.8) is 0 Å². The van der Waals surface area contributed by atoms with Gasteiger partial charge < -0.3 is 5.73 Å². The van der Waals surface area contributed by atoms with E-state index in [1.165, 1.54) is 6.07 Å². The quantitative estimate of drug-likeness (QED) is 0.786. The summed E-state index contributed by atoms with van der Waals surface area (Å²) in [6.45, 7) is 0. The molecule has 0 atom stereocenters. The normalized spacial score (nSPS) is 10.8. The first-order chi connectivity index (χ1) is 5.52. The lowest BCUT2D eigenvalue weighted by molar-refractivity contribution is 0.146. The van der Waals surface area contributed by atoms with Gasteiger partial charge in [-0.15, -0.1) is 0 Å². The maximum atomic E-state index is 12.1. The number of nitrogens with zero attached hydrogens (tertiary/aromatic N) is 1. The molecule has 0 aromatic carbocycles. The molecule has 0 aliphatic carbocycles. The summed E-state index contributed by atoms with van der Waals surface area (Å²) in [4.78, 5) is 3.48. The van der Waals surface area contributed by atoms with E-state index in [-0.39, 0.29) is 15.3 Å². The summed E-state index contributed by atoms with van der Waals surface area (Å²) in [7, 11) is 0. The highest BCUT2D eigenvalue weighted by Crippen LogP contribution is 2.29. The largest absolute Gasteiger partial charge is 0.396 e. The minimum atomic E-state index is -2.69. The Bertz CT molecular complexity index is 306. The van der Waals surface area contributed by atoms with Crippen molar-refractivity contribution >= 4 is 33.2 Å². The van der Waals surface area contributed by atoms with Gasteiger partial charge in [-0.3, -0.25) is 0 Å². The summed E-state index contributed by atoms with van der Waals surface area (Å²) in [5, 5.41) is -0.120. The molecular formula is C6H4BrClF2N2. The van der Waals surface area contributed by atoms with E-state index in [1.54, 1.807) is 0 Å². The Morgan fingerprint density at radius 2 is 2.17 bits per heavy atom. The molecule has 0 unspecified atom stereocenters. The Balaban J connectivity index is 3.23. The van der Waals surface area contributed by atoms with Gasteiger partial charge in [-0.25, -0.2) is 13.8 Å². The molecule has 6 heteroatoms. The fourth-order valence-electron chi connectivity index (χ4n) is 0.647. The van der Waals surface area contributed by atoms with Crippen molar-refractivity contribution in [2.45, 2.75) is 6.43 Å². The van der Waals surface area contributed by atoms with Crippen LogP contribution in [0.3, 0.4) is 0 Å². The van der Waals surface area contributed by atoms with Crippen LogP contribution in [0.5, 0.6) is 0 Å². The summed E-state index contributed by atoms with van der Waals surface area (Å²) in [5.41, 5.74) is 5.13. The van der Waals surface area contributed by atoms with Crippen molar-refractivity contribution in [1.82, 2.24) is 4.98 Å². The number of hydrogen-bond donors (Lipinski definition) is 1. The van der Waals surface area contributed by atoms with Crippen molar-refractivity contribution in [3.05, 3.63) is 21.4 Å². The van der Waals surface area contributed by atoms with Gasteiger partial charge in [0.2, 0.25) is 0 Å². The Morgan fingerprint density at radius 3 is 2.67 bits per heavy atom. The Hall–Kier alpha value is -0.420. The maximum absolute atomic E-state index is 12.1. The topological polar surface area (TPSA) is 38.9 Å². The third kappa shape index (κ3) is 1.84. The van der Waals surface area contributed by atoms with Crippen LogP contribution in [-0.2, 0) is 0 Å². The Labute approximate surface area is 80.9 Å². The van der Waals surface area contributed by atoms with Gasteiger partial charge in [0.15, 0.2) is 0 Å². The van der Waals surface area contributed by atoms with Crippen molar-refractivity contribution in [2.24, 2.45) is 0 Å². The van der Waals surface area contributed by atoms with Gasteiger partial charge in [0.1, 0.15) is 10.3 Å². The molecule has 0 spiro atoms. The smallest absolute Gasteiger partial charge is 0.281 e. The molecular weight excluding hydrogens is 253 g/mol. The highest BCUT2D eigenvalue weighted by atomic mass is 79.9. The zero-order valence-electron chi connectivity index (χ0n) is 5.69. The average molecular weight is 257 g/mol. The van der Waals surface area contributed by atoms with Crippen LogP contribution in [0.15, 0.2) is 10.7 Å². The minimum absolute atomic E-state index is 0.120. The fraction of sp³-hybridized carbons (Fsp3) is 0.167. The molecule has 0 saturated heterocycles. The maximum Gasteiger partial charge on any atom is 0.281 e. The molecule has 0 amide bonds. The number of rotatable bonds is 1. The van der Waals surface area contributed by atoms with Crippen molar-refractivity contribution < 1.29 is 8.78 Å². The molecule has 1 heterocycles. The van der Waals surface area contributed by atoms with Crippen LogP contribution >= 0.6 is 27.5 Å². The van der Waals surface area contributed by atoms with E-state index in [9.17, 15) is 8.78 Å². The predicted molar refractivity (Wildman–Crippen MR) is 46.3 cm³/mol. The molecule has 12 heavy (non-hydrogen) atoms. The number of alkyl halides is 2. The molecule has 0 saturated carbocycles. The van der Waals surface area contributed by atoms with E-state index in [1.807, 2.05) is 0 Å². The van der Waals surface area contributed by atoms with Gasteiger partial charge in [0, 0.05) is 0 Å². The lowest BCUT2D eigenvalue weighted by Gasteiger charge is -2.04. The third-order valence-corrected chi connectivity index (χ3v) is 2.13. The van der Waals surface area contributed by atoms with Crippen molar-refractivity contribution in [2.75, 3.05) is 5.73 Å². The molecule has 1 aromatic heterocycles. The van der Waals surface area contributed by atoms with Crippen LogP contribution in [-0.4, -0.2) is 4.98 Å². The van der Waals surface area contributed by atoms with Gasteiger partial charge in [0.25, 0.3) is 6.43 Å². The van der Waals surface area contributed by atoms with E-state index >= 15 is 0 Å². The number of pyridine rings is 1. The molecule has 0 radical (unpaired) electrons.